The molecule has 8 nitrogen and oxygen atoms in total. The summed E-state index contributed by atoms with van der Waals surface area (Å²) in [5, 5.41) is 9.26. The Kier molecular flexibility index (Phi) is 5.84. The number of rotatable bonds is 6. The van der Waals surface area contributed by atoms with Crippen LogP contribution in [0.4, 0.5) is 5.82 Å². The maximum atomic E-state index is 13.0. The van der Waals surface area contributed by atoms with Crippen LogP contribution in [0.2, 0.25) is 0 Å². The van der Waals surface area contributed by atoms with E-state index in [1.54, 1.807) is 23.9 Å². The SMILES string of the molecule is CC(Sc1nc2scc(-c3ccccc3)c2c(=O)n1N)C(=O)Nc1ccnn1C(C)C. The van der Waals surface area contributed by atoms with Crippen molar-refractivity contribution in [3.63, 3.8) is 0 Å². The molecule has 1 amide bonds. The predicted molar refractivity (Wildman–Crippen MR) is 126 cm³/mol. The molecule has 0 saturated heterocycles. The number of aromatic nitrogens is 4. The van der Waals surface area contributed by atoms with Crippen molar-refractivity contribution in [3.05, 3.63) is 58.3 Å². The van der Waals surface area contributed by atoms with Crippen LogP contribution in [0.15, 0.2) is 57.9 Å². The van der Waals surface area contributed by atoms with Crippen molar-refractivity contribution < 1.29 is 4.79 Å². The Morgan fingerprint density at radius 2 is 1.94 bits per heavy atom. The molecule has 160 valence electrons. The average molecular weight is 455 g/mol. The van der Waals surface area contributed by atoms with Crippen LogP contribution in [0.5, 0.6) is 0 Å². The molecule has 0 aliphatic carbocycles. The number of thioether (sulfide) groups is 1. The Balaban J connectivity index is 1.60. The molecule has 0 bridgehead atoms. The predicted octanol–water partition coefficient (Wildman–Crippen LogP) is 3.74. The molecule has 3 aromatic heterocycles. The lowest BCUT2D eigenvalue weighted by molar-refractivity contribution is -0.115. The number of carbonyl (C=O) groups excluding carboxylic acids is 1. The van der Waals surface area contributed by atoms with E-state index < -0.39 is 5.25 Å². The number of hydrogen-bond donors (Lipinski definition) is 2. The third-order valence-corrected chi connectivity index (χ3v) is 6.69. The number of hydrogen-bond acceptors (Lipinski definition) is 7. The number of anilines is 1. The normalized spacial score (nSPS) is 12.4. The number of carbonyl (C=O) groups is 1. The van der Waals surface area contributed by atoms with Gasteiger partial charge in [0.15, 0.2) is 5.16 Å². The first-order chi connectivity index (χ1) is 14.9. The van der Waals surface area contributed by atoms with Crippen LogP contribution < -0.4 is 16.7 Å². The molecule has 0 fully saturated rings. The standard InChI is InChI=1S/C21H22N6O2S2/c1-12(2)27-16(9-10-23-27)24-18(28)13(3)31-21-25-19-17(20(29)26(21)22)15(11-30-19)14-7-5-4-6-8-14/h4-13H,22H2,1-3H3,(H,24,28). The van der Waals surface area contributed by atoms with Gasteiger partial charge in [-0.15, -0.1) is 11.3 Å². The van der Waals surface area contributed by atoms with Crippen molar-refractivity contribution in [2.75, 3.05) is 11.2 Å². The summed E-state index contributed by atoms with van der Waals surface area (Å²) < 4.78 is 2.75. The second-order valence-corrected chi connectivity index (χ2v) is 9.44. The van der Waals surface area contributed by atoms with Crippen molar-refractivity contribution in [1.82, 2.24) is 19.4 Å². The summed E-state index contributed by atoms with van der Waals surface area (Å²) in [5.41, 5.74) is 1.40. The molecule has 1 unspecified atom stereocenters. The van der Waals surface area contributed by atoms with E-state index >= 15 is 0 Å². The van der Waals surface area contributed by atoms with Gasteiger partial charge in [-0.3, -0.25) is 9.59 Å². The van der Waals surface area contributed by atoms with Crippen LogP contribution in [0.1, 0.15) is 26.8 Å². The summed E-state index contributed by atoms with van der Waals surface area (Å²) in [4.78, 5) is 30.9. The maximum absolute atomic E-state index is 13.0. The number of thiophene rings is 1. The zero-order valence-corrected chi connectivity index (χ0v) is 18.9. The number of amides is 1. The van der Waals surface area contributed by atoms with Crippen molar-refractivity contribution >= 4 is 45.0 Å². The lowest BCUT2D eigenvalue weighted by Gasteiger charge is -2.15. The second kappa shape index (κ2) is 8.56. The van der Waals surface area contributed by atoms with Crippen LogP contribution in [0.25, 0.3) is 21.3 Å². The lowest BCUT2D eigenvalue weighted by atomic mass is 10.1. The first-order valence-electron chi connectivity index (χ1n) is 9.72. The summed E-state index contributed by atoms with van der Waals surface area (Å²) in [7, 11) is 0. The van der Waals surface area contributed by atoms with Gasteiger partial charge in [-0.05, 0) is 26.3 Å². The van der Waals surface area contributed by atoms with Gasteiger partial charge in [0.1, 0.15) is 10.6 Å². The quantitative estimate of drug-likeness (QED) is 0.261. The van der Waals surface area contributed by atoms with Gasteiger partial charge in [-0.25, -0.2) is 14.3 Å². The van der Waals surface area contributed by atoms with Crippen LogP contribution in [0, 0.1) is 0 Å². The summed E-state index contributed by atoms with van der Waals surface area (Å²) >= 11 is 2.53. The molecule has 1 atom stereocenters. The highest BCUT2D eigenvalue weighted by atomic mass is 32.2. The first-order valence-corrected chi connectivity index (χ1v) is 11.5. The van der Waals surface area contributed by atoms with Crippen molar-refractivity contribution in [3.8, 4) is 11.1 Å². The summed E-state index contributed by atoms with van der Waals surface area (Å²) in [6.45, 7) is 5.71. The minimum atomic E-state index is -0.525. The first kappa shape index (κ1) is 21.1. The molecular formula is C21H22N6O2S2. The van der Waals surface area contributed by atoms with E-state index in [1.165, 1.54) is 11.3 Å². The van der Waals surface area contributed by atoms with Gasteiger partial charge >= 0.3 is 0 Å². The minimum absolute atomic E-state index is 0.115. The molecule has 31 heavy (non-hydrogen) atoms. The zero-order valence-electron chi connectivity index (χ0n) is 17.3. The Bertz CT molecular complexity index is 1290. The van der Waals surface area contributed by atoms with Crippen LogP contribution in [0.3, 0.4) is 0 Å². The summed E-state index contributed by atoms with van der Waals surface area (Å²) in [5.74, 6) is 6.48. The van der Waals surface area contributed by atoms with Crippen LogP contribution in [-0.4, -0.2) is 30.6 Å². The second-order valence-electron chi connectivity index (χ2n) is 7.27. The van der Waals surface area contributed by atoms with Gasteiger partial charge in [-0.2, -0.15) is 5.10 Å². The number of nitrogens with zero attached hydrogens (tertiary/aromatic N) is 4. The van der Waals surface area contributed by atoms with E-state index in [1.807, 2.05) is 49.6 Å². The molecule has 4 aromatic rings. The maximum Gasteiger partial charge on any atom is 0.282 e. The molecule has 0 saturated carbocycles. The van der Waals surface area contributed by atoms with Gasteiger partial charge in [0, 0.05) is 23.1 Å². The number of nitrogen functional groups attached to an aromatic ring is 1. The van der Waals surface area contributed by atoms with E-state index in [0.717, 1.165) is 27.6 Å². The van der Waals surface area contributed by atoms with E-state index in [9.17, 15) is 9.59 Å². The monoisotopic (exact) mass is 454 g/mol. The van der Waals surface area contributed by atoms with Gasteiger partial charge in [0.25, 0.3) is 5.56 Å². The van der Waals surface area contributed by atoms with Gasteiger partial charge < -0.3 is 11.2 Å². The molecular weight excluding hydrogens is 432 g/mol. The minimum Gasteiger partial charge on any atom is -0.334 e. The fourth-order valence-electron chi connectivity index (χ4n) is 3.16. The smallest absolute Gasteiger partial charge is 0.282 e. The molecule has 1 aromatic carbocycles. The summed E-state index contributed by atoms with van der Waals surface area (Å²) in [6, 6.07) is 11.5. The van der Waals surface area contributed by atoms with Crippen LogP contribution >= 0.6 is 23.1 Å². The Labute approximate surface area is 187 Å². The zero-order chi connectivity index (χ0) is 22.1. The summed E-state index contributed by atoms with van der Waals surface area (Å²) in [6.07, 6.45) is 1.64. The fraction of sp³-hybridized carbons (Fsp3) is 0.238. The molecule has 0 radical (unpaired) electrons. The largest absolute Gasteiger partial charge is 0.334 e. The molecule has 3 heterocycles. The molecule has 0 aliphatic heterocycles. The molecule has 0 spiro atoms. The topological polar surface area (TPSA) is 108 Å². The number of fused-ring (bicyclic) bond motifs is 1. The van der Waals surface area contributed by atoms with Crippen molar-refractivity contribution in [2.24, 2.45) is 0 Å². The van der Waals surface area contributed by atoms with Crippen molar-refractivity contribution in [2.45, 2.75) is 37.2 Å². The van der Waals surface area contributed by atoms with Crippen LogP contribution in [-0.2, 0) is 4.79 Å². The molecule has 0 aliphatic rings. The highest BCUT2D eigenvalue weighted by Crippen LogP contribution is 2.32. The number of nitrogens with two attached hydrogens (primary N) is 1. The third kappa shape index (κ3) is 4.08. The Hall–Kier alpha value is -3.11. The number of nitrogens with one attached hydrogen (secondary N) is 1. The average Bonchev–Trinajstić information content (AvgIpc) is 3.39. The van der Waals surface area contributed by atoms with Gasteiger partial charge in [0.2, 0.25) is 5.91 Å². The van der Waals surface area contributed by atoms with E-state index in [-0.39, 0.29) is 17.5 Å². The third-order valence-electron chi connectivity index (χ3n) is 4.75. The molecule has 10 heteroatoms. The van der Waals surface area contributed by atoms with Crippen molar-refractivity contribution in [1.29, 1.82) is 0 Å². The highest BCUT2D eigenvalue weighted by molar-refractivity contribution is 8.00. The number of benzene rings is 1. The van der Waals surface area contributed by atoms with E-state index in [2.05, 4.69) is 15.4 Å². The highest BCUT2D eigenvalue weighted by Gasteiger charge is 2.22. The Morgan fingerprint density at radius 1 is 1.19 bits per heavy atom. The Morgan fingerprint density at radius 3 is 2.65 bits per heavy atom. The fourth-order valence-corrected chi connectivity index (χ4v) is 4.98. The lowest BCUT2D eigenvalue weighted by Crippen LogP contribution is -2.31. The van der Waals surface area contributed by atoms with E-state index in [4.69, 9.17) is 5.84 Å². The van der Waals surface area contributed by atoms with Gasteiger partial charge in [0.05, 0.1) is 16.8 Å². The molecule has 3 N–H and O–H groups in total. The van der Waals surface area contributed by atoms with Gasteiger partial charge in [-0.1, -0.05) is 42.1 Å². The molecule has 4 rings (SSSR count). The van der Waals surface area contributed by atoms with E-state index in [0.29, 0.717) is 21.2 Å².